The standard InChI is InChI=1S/C55H42N2S2/c1-54(2)43-24-22-33(28-39(43)41-31-46-40(30-45(41)54)35-16-7-9-20-44(35)55(46)26-11-4-12-27-55)34-23-25-48-42(29-34)36-18-13-19-38(51(36)58-48)50-52-49(37-17-8-10-21-47(37)59-52)56-53(57-50)32-14-5-3-6-15-32/h3,5-10,13-25,28-31,50H,4,11-12,26-27H2,1-2H3,(H,56,57). The third kappa shape index (κ3) is 4.76. The first-order chi connectivity index (χ1) is 29.0. The summed E-state index contributed by atoms with van der Waals surface area (Å²) in [4.78, 5) is 6.54. The van der Waals surface area contributed by atoms with Crippen LogP contribution in [0.1, 0.15) is 90.3 Å². The van der Waals surface area contributed by atoms with Gasteiger partial charge in [-0.15, -0.1) is 22.7 Å². The van der Waals surface area contributed by atoms with E-state index in [2.05, 4.69) is 165 Å². The van der Waals surface area contributed by atoms with Crippen molar-refractivity contribution in [1.29, 1.82) is 0 Å². The molecule has 1 saturated carbocycles. The minimum absolute atomic E-state index is 0.00605. The summed E-state index contributed by atoms with van der Waals surface area (Å²) in [5.41, 5.74) is 18.0. The van der Waals surface area contributed by atoms with Gasteiger partial charge >= 0.3 is 0 Å². The largest absolute Gasteiger partial charge is 0.358 e. The molecule has 2 aromatic heterocycles. The molecular formula is C55H42N2S2. The van der Waals surface area contributed by atoms with Crippen LogP contribution in [-0.4, -0.2) is 5.84 Å². The zero-order valence-corrected chi connectivity index (χ0v) is 34.9. The third-order valence-electron chi connectivity index (χ3n) is 14.4. The van der Waals surface area contributed by atoms with E-state index < -0.39 is 0 Å². The van der Waals surface area contributed by atoms with Gasteiger partial charge in [-0.2, -0.15) is 0 Å². The molecule has 0 amide bonds. The predicted molar refractivity (Wildman–Crippen MR) is 251 cm³/mol. The highest BCUT2D eigenvalue weighted by Gasteiger charge is 2.46. The summed E-state index contributed by atoms with van der Waals surface area (Å²) < 4.78 is 3.94. The maximum atomic E-state index is 5.26. The summed E-state index contributed by atoms with van der Waals surface area (Å²) in [6.45, 7) is 4.86. The predicted octanol–water partition coefficient (Wildman–Crippen LogP) is 15.2. The van der Waals surface area contributed by atoms with E-state index in [-0.39, 0.29) is 16.9 Å². The summed E-state index contributed by atoms with van der Waals surface area (Å²) in [6.07, 6.45) is 6.48. The summed E-state index contributed by atoms with van der Waals surface area (Å²) >= 11 is 3.78. The molecule has 9 aromatic rings. The van der Waals surface area contributed by atoms with Crippen molar-refractivity contribution >= 4 is 64.5 Å². The maximum absolute atomic E-state index is 5.26. The van der Waals surface area contributed by atoms with Crippen molar-refractivity contribution in [3.63, 3.8) is 0 Å². The van der Waals surface area contributed by atoms with Crippen LogP contribution in [0.2, 0.25) is 0 Å². The molecule has 4 aliphatic rings. The summed E-state index contributed by atoms with van der Waals surface area (Å²) in [5.74, 6) is 0.928. The highest BCUT2D eigenvalue weighted by Crippen LogP contribution is 2.60. The van der Waals surface area contributed by atoms with Gasteiger partial charge in [-0.25, -0.2) is 4.99 Å². The van der Waals surface area contributed by atoms with Gasteiger partial charge in [-0.05, 0) is 110 Å². The van der Waals surface area contributed by atoms with Crippen molar-refractivity contribution in [3.05, 3.63) is 184 Å². The lowest BCUT2D eigenvalue weighted by molar-refractivity contribution is 0.353. The molecule has 284 valence electrons. The summed E-state index contributed by atoms with van der Waals surface area (Å²) in [7, 11) is 0. The number of thiophene rings is 2. The van der Waals surface area contributed by atoms with Gasteiger partial charge in [0.05, 0.1) is 16.6 Å². The van der Waals surface area contributed by atoms with E-state index in [9.17, 15) is 0 Å². The molecule has 1 unspecified atom stereocenters. The number of rotatable bonds is 3. The molecule has 1 fully saturated rings. The van der Waals surface area contributed by atoms with Crippen molar-refractivity contribution in [2.24, 2.45) is 4.99 Å². The van der Waals surface area contributed by atoms with Gasteiger partial charge in [0.2, 0.25) is 0 Å². The number of nitrogens with zero attached hydrogens (tertiary/aromatic N) is 1. The van der Waals surface area contributed by atoms with Gasteiger partial charge in [-0.3, -0.25) is 0 Å². The average molecular weight is 795 g/mol. The molecule has 1 atom stereocenters. The first-order valence-corrected chi connectivity index (χ1v) is 22.9. The molecule has 13 rings (SSSR count). The van der Waals surface area contributed by atoms with Crippen LogP contribution in [-0.2, 0) is 10.8 Å². The Balaban J connectivity index is 0.930. The molecule has 59 heavy (non-hydrogen) atoms. The van der Waals surface area contributed by atoms with Gasteiger partial charge < -0.3 is 5.32 Å². The molecule has 1 aliphatic heterocycles. The van der Waals surface area contributed by atoms with Crippen LogP contribution in [0.3, 0.4) is 0 Å². The van der Waals surface area contributed by atoms with Crippen molar-refractivity contribution in [1.82, 2.24) is 5.32 Å². The first kappa shape index (κ1) is 34.1. The average Bonchev–Trinajstić information content (AvgIpc) is 3.99. The van der Waals surface area contributed by atoms with E-state index in [4.69, 9.17) is 4.99 Å². The molecule has 4 heteroatoms. The van der Waals surface area contributed by atoms with Crippen molar-refractivity contribution in [2.75, 3.05) is 0 Å². The molecule has 0 saturated heterocycles. The normalized spacial score (nSPS) is 18.0. The number of aliphatic imine (C=N–C) groups is 1. The molecule has 3 aliphatic carbocycles. The summed E-state index contributed by atoms with van der Waals surface area (Å²) in [5, 5.41) is 7.79. The monoisotopic (exact) mass is 794 g/mol. The second-order valence-electron chi connectivity index (χ2n) is 17.8. The molecule has 1 N–H and O–H groups in total. The quantitative estimate of drug-likeness (QED) is 0.189. The Morgan fingerprint density at radius 3 is 2.14 bits per heavy atom. The second-order valence-corrected chi connectivity index (χ2v) is 19.9. The Labute approximate surface area is 352 Å². The Morgan fingerprint density at radius 2 is 1.24 bits per heavy atom. The van der Waals surface area contributed by atoms with Gasteiger partial charge in [0.15, 0.2) is 0 Å². The van der Waals surface area contributed by atoms with Gasteiger partial charge in [0.1, 0.15) is 5.84 Å². The highest BCUT2D eigenvalue weighted by molar-refractivity contribution is 7.26. The molecule has 1 spiro atoms. The molecule has 0 bridgehead atoms. The third-order valence-corrected chi connectivity index (χ3v) is 16.8. The van der Waals surface area contributed by atoms with Crippen LogP contribution in [0.5, 0.6) is 0 Å². The zero-order valence-electron chi connectivity index (χ0n) is 33.2. The molecular weight excluding hydrogens is 753 g/mol. The van der Waals surface area contributed by atoms with Crippen molar-refractivity contribution < 1.29 is 0 Å². The minimum atomic E-state index is -0.0636. The smallest absolute Gasteiger partial charge is 0.134 e. The van der Waals surface area contributed by atoms with Gasteiger partial charge in [0, 0.05) is 46.7 Å². The van der Waals surface area contributed by atoms with Crippen molar-refractivity contribution in [3.8, 4) is 33.4 Å². The van der Waals surface area contributed by atoms with Crippen LogP contribution >= 0.6 is 22.7 Å². The van der Waals surface area contributed by atoms with E-state index in [0.29, 0.717) is 0 Å². The van der Waals surface area contributed by atoms with Crippen LogP contribution in [0.15, 0.2) is 151 Å². The number of amidine groups is 1. The topological polar surface area (TPSA) is 24.4 Å². The molecule has 0 radical (unpaired) electrons. The Hall–Kier alpha value is -5.81. The lowest BCUT2D eigenvalue weighted by Crippen LogP contribution is -2.32. The van der Waals surface area contributed by atoms with E-state index >= 15 is 0 Å². The Bertz CT molecular complexity index is 3260. The molecule has 3 heterocycles. The van der Waals surface area contributed by atoms with Crippen LogP contribution < -0.4 is 5.32 Å². The van der Waals surface area contributed by atoms with Gasteiger partial charge in [-0.1, -0.05) is 142 Å². The number of nitrogens with one attached hydrogen (secondary N) is 1. The zero-order chi connectivity index (χ0) is 39.0. The SMILES string of the molecule is CC1(C)c2ccc(-c3ccc4sc5c(C6NC(c7ccccc7)=Nc7c6sc6ccccc76)cccc5c4c3)cc2-c2cc3c(cc21)-c1ccccc1C31CCCCC1. The Kier molecular flexibility index (Phi) is 7.14. The Morgan fingerprint density at radius 1 is 0.525 bits per heavy atom. The number of hydrogen-bond donors (Lipinski definition) is 1. The fourth-order valence-electron chi connectivity index (χ4n) is 11.5. The fourth-order valence-corrected chi connectivity index (χ4v) is 13.9. The number of fused-ring (bicyclic) bond motifs is 14. The first-order valence-electron chi connectivity index (χ1n) is 21.3. The molecule has 7 aromatic carbocycles. The fraction of sp³-hybridized carbons (Fsp3) is 0.182. The van der Waals surface area contributed by atoms with Crippen LogP contribution in [0.25, 0.3) is 63.6 Å². The number of benzene rings is 7. The van der Waals surface area contributed by atoms with E-state index in [1.54, 1.807) is 11.1 Å². The lowest BCUT2D eigenvalue weighted by Gasteiger charge is -2.36. The van der Waals surface area contributed by atoms with E-state index in [1.165, 1.54) is 117 Å². The summed E-state index contributed by atoms with van der Waals surface area (Å²) in [6, 6.07) is 55.2. The second kappa shape index (κ2) is 12.4. The van der Waals surface area contributed by atoms with Crippen LogP contribution in [0.4, 0.5) is 5.69 Å². The van der Waals surface area contributed by atoms with Crippen molar-refractivity contribution in [2.45, 2.75) is 62.8 Å². The molecule has 2 nitrogen and oxygen atoms in total. The van der Waals surface area contributed by atoms with Gasteiger partial charge in [0.25, 0.3) is 0 Å². The minimum Gasteiger partial charge on any atom is -0.358 e. The van der Waals surface area contributed by atoms with Crippen LogP contribution in [0, 0.1) is 0 Å². The van der Waals surface area contributed by atoms with E-state index in [0.717, 1.165) is 17.1 Å². The van der Waals surface area contributed by atoms with E-state index in [1.807, 2.05) is 22.7 Å². The number of hydrogen-bond acceptors (Lipinski definition) is 4. The highest BCUT2D eigenvalue weighted by atomic mass is 32.1. The maximum Gasteiger partial charge on any atom is 0.134 e. The lowest BCUT2D eigenvalue weighted by atomic mass is 9.67.